The number of esters is 1. The van der Waals surface area contributed by atoms with Gasteiger partial charge in [0.05, 0.1) is 12.8 Å². The predicted molar refractivity (Wildman–Crippen MR) is 192 cm³/mol. The first-order chi connectivity index (χ1) is 21.8. The normalized spacial score (nSPS) is 42.5. The molecule has 10 atom stereocenters. The van der Waals surface area contributed by atoms with E-state index in [1.165, 1.54) is 82.9 Å². The summed E-state index contributed by atoms with van der Waals surface area (Å²) in [5.74, 6) is 2.32. The first-order valence-corrected chi connectivity index (χ1v) is 19.5. The number of carboxylic acid groups (broad SMARTS) is 1. The predicted octanol–water partition coefficient (Wildman–Crippen LogP) is 10.2. The molecule has 5 fully saturated rings. The quantitative estimate of drug-likeness (QED) is 0.178. The summed E-state index contributed by atoms with van der Waals surface area (Å²) in [7, 11) is 2.33. The van der Waals surface area contributed by atoms with Gasteiger partial charge in [0.15, 0.2) is 0 Å². The topological polar surface area (TPSA) is 66.8 Å². The Morgan fingerprint density at radius 1 is 0.872 bits per heavy atom. The van der Waals surface area contributed by atoms with Crippen LogP contribution < -0.4 is 0 Å². The molecule has 0 radical (unpaired) electrons. The van der Waals surface area contributed by atoms with Gasteiger partial charge < -0.3 is 14.7 Å². The maximum atomic E-state index is 13.2. The summed E-state index contributed by atoms with van der Waals surface area (Å²) in [6.45, 7) is 28.2. The van der Waals surface area contributed by atoms with Crippen molar-refractivity contribution in [1.29, 1.82) is 0 Å². The molecule has 5 nitrogen and oxygen atoms in total. The van der Waals surface area contributed by atoms with Crippen LogP contribution in [0.1, 0.15) is 152 Å². The summed E-state index contributed by atoms with van der Waals surface area (Å²) < 4.78 is 6.29. The minimum atomic E-state index is -0.864. The number of allylic oxidation sites excluding steroid dienone is 1. The highest BCUT2D eigenvalue weighted by atomic mass is 16.5. The molecule has 5 aliphatic rings. The van der Waals surface area contributed by atoms with E-state index in [0.717, 1.165) is 24.7 Å². The van der Waals surface area contributed by atoms with E-state index >= 15 is 0 Å². The van der Waals surface area contributed by atoms with Gasteiger partial charge in [-0.15, -0.1) is 0 Å². The second-order valence-electron chi connectivity index (χ2n) is 19.9. The number of aliphatic carboxylic acids is 1. The van der Waals surface area contributed by atoms with E-state index in [1.807, 2.05) is 13.8 Å². The maximum absolute atomic E-state index is 13.2. The molecular formula is C42H71NO4. The molecule has 268 valence electrons. The minimum absolute atomic E-state index is 0.0259. The molecule has 0 aromatic heterocycles. The Hall–Kier alpha value is -1.36. The van der Waals surface area contributed by atoms with Crippen LogP contribution in [-0.4, -0.2) is 48.2 Å². The summed E-state index contributed by atoms with van der Waals surface area (Å²) in [5.41, 5.74) is 2.08. The molecule has 0 saturated heterocycles. The average molecular weight is 654 g/mol. The lowest BCUT2D eigenvalue weighted by molar-refractivity contribution is -0.250. The van der Waals surface area contributed by atoms with Crippen LogP contribution in [0.3, 0.4) is 0 Å². The van der Waals surface area contributed by atoms with Gasteiger partial charge in [0, 0.05) is 5.41 Å². The fraction of sp³-hybridized carbons (Fsp3) is 0.905. The second kappa shape index (κ2) is 12.8. The average Bonchev–Trinajstić information content (AvgIpc) is 3.33. The van der Waals surface area contributed by atoms with Crippen LogP contribution in [0.15, 0.2) is 12.2 Å². The highest BCUT2D eigenvalue weighted by Gasteiger charge is 2.71. The van der Waals surface area contributed by atoms with Gasteiger partial charge in [-0.2, -0.15) is 0 Å². The molecule has 0 aromatic carbocycles. The van der Waals surface area contributed by atoms with Gasteiger partial charge in [-0.1, -0.05) is 67.5 Å². The zero-order valence-electron chi connectivity index (χ0n) is 32.1. The zero-order valence-corrected chi connectivity index (χ0v) is 32.1. The van der Waals surface area contributed by atoms with Gasteiger partial charge >= 0.3 is 11.9 Å². The van der Waals surface area contributed by atoms with E-state index in [9.17, 15) is 14.7 Å². The van der Waals surface area contributed by atoms with Crippen LogP contribution in [0.5, 0.6) is 0 Å². The van der Waals surface area contributed by atoms with Crippen LogP contribution in [0, 0.1) is 62.1 Å². The smallest absolute Gasteiger partial charge is 0.306 e. The summed E-state index contributed by atoms with van der Waals surface area (Å²) in [5, 5.41) is 9.33. The summed E-state index contributed by atoms with van der Waals surface area (Å²) >= 11 is 0. The third-order valence-corrected chi connectivity index (χ3v) is 16.3. The van der Waals surface area contributed by atoms with Crippen molar-refractivity contribution >= 4 is 11.9 Å². The SMILES string of the molecule is C=C(C)[C@@H]1CC[C@]2(CCN(C)CCC)CC[C@]3(C)[C@H](CC[C@@H]4[C@@]5(C)CC[C@H](OC(=O)CC(C)(C)CC(=O)O)C(C)(C)[C@@H]5CC[C@]43C)[C@@H]12. The van der Waals surface area contributed by atoms with Crippen molar-refractivity contribution in [1.82, 2.24) is 4.90 Å². The Morgan fingerprint density at radius 3 is 2.21 bits per heavy atom. The Bertz CT molecular complexity index is 1210. The molecule has 0 amide bonds. The molecule has 5 aliphatic carbocycles. The van der Waals surface area contributed by atoms with E-state index in [4.69, 9.17) is 4.74 Å². The van der Waals surface area contributed by atoms with Gasteiger partial charge in [-0.25, -0.2) is 0 Å². The molecule has 0 unspecified atom stereocenters. The van der Waals surface area contributed by atoms with Crippen molar-refractivity contribution in [3.63, 3.8) is 0 Å². The Balaban J connectivity index is 1.38. The number of rotatable bonds is 11. The molecule has 5 heteroatoms. The van der Waals surface area contributed by atoms with Crippen LogP contribution in [0.25, 0.3) is 0 Å². The molecule has 47 heavy (non-hydrogen) atoms. The highest BCUT2D eigenvalue weighted by Crippen LogP contribution is 2.78. The van der Waals surface area contributed by atoms with Crippen molar-refractivity contribution in [2.24, 2.45) is 62.1 Å². The first kappa shape index (κ1) is 36.9. The van der Waals surface area contributed by atoms with Crippen LogP contribution >= 0.6 is 0 Å². The van der Waals surface area contributed by atoms with Crippen LogP contribution in [0.2, 0.25) is 0 Å². The largest absolute Gasteiger partial charge is 0.481 e. The molecule has 0 aromatic rings. The highest BCUT2D eigenvalue weighted by molar-refractivity contribution is 5.73. The van der Waals surface area contributed by atoms with Crippen molar-refractivity contribution in [3.8, 4) is 0 Å². The monoisotopic (exact) mass is 654 g/mol. The molecule has 0 bridgehead atoms. The lowest BCUT2D eigenvalue weighted by Crippen LogP contribution is -2.66. The number of ether oxygens (including phenoxy) is 1. The van der Waals surface area contributed by atoms with E-state index in [-0.39, 0.29) is 35.7 Å². The second-order valence-corrected chi connectivity index (χ2v) is 19.9. The Kier molecular flexibility index (Phi) is 10.0. The van der Waals surface area contributed by atoms with E-state index < -0.39 is 11.4 Å². The molecule has 0 heterocycles. The summed E-state index contributed by atoms with van der Waals surface area (Å²) in [6.07, 6.45) is 15.3. The Morgan fingerprint density at radius 2 is 1.57 bits per heavy atom. The zero-order chi connectivity index (χ0) is 34.8. The van der Waals surface area contributed by atoms with E-state index in [0.29, 0.717) is 34.0 Å². The fourth-order valence-corrected chi connectivity index (χ4v) is 13.9. The number of fused-ring (bicyclic) bond motifs is 7. The number of carboxylic acids is 1. The third-order valence-electron chi connectivity index (χ3n) is 16.3. The maximum Gasteiger partial charge on any atom is 0.306 e. The van der Waals surface area contributed by atoms with Gasteiger partial charge in [-0.05, 0) is 161 Å². The minimum Gasteiger partial charge on any atom is -0.481 e. The fourth-order valence-electron chi connectivity index (χ4n) is 13.9. The molecule has 5 saturated carbocycles. The van der Waals surface area contributed by atoms with Gasteiger partial charge in [-0.3, -0.25) is 9.59 Å². The summed E-state index contributed by atoms with van der Waals surface area (Å²) in [4.78, 5) is 27.1. The van der Waals surface area contributed by atoms with Gasteiger partial charge in [0.2, 0.25) is 0 Å². The first-order valence-electron chi connectivity index (χ1n) is 19.5. The molecular weight excluding hydrogens is 582 g/mol. The Labute approximate surface area is 288 Å². The van der Waals surface area contributed by atoms with Crippen LogP contribution in [0.4, 0.5) is 0 Å². The number of carbonyl (C=O) groups excluding carboxylic acids is 1. The van der Waals surface area contributed by atoms with E-state index in [2.05, 4.69) is 67.0 Å². The molecule has 5 rings (SSSR count). The summed E-state index contributed by atoms with van der Waals surface area (Å²) in [6, 6.07) is 0. The van der Waals surface area contributed by atoms with Crippen molar-refractivity contribution in [3.05, 3.63) is 12.2 Å². The van der Waals surface area contributed by atoms with Crippen molar-refractivity contribution < 1.29 is 19.4 Å². The molecule has 1 N–H and O–H groups in total. The number of nitrogens with zero attached hydrogens (tertiary/aromatic N) is 1. The van der Waals surface area contributed by atoms with Crippen LogP contribution in [-0.2, 0) is 14.3 Å². The number of carbonyl (C=O) groups is 2. The lowest BCUT2D eigenvalue weighted by Gasteiger charge is -2.73. The molecule has 0 aliphatic heterocycles. The lowest BCUT2D eigenvalue weighted by atomic mass is 9.32. The van der Waals surface area contributed by atoms with Crippen molar-refractivity contribution in [2.75, 3.05) is 20.1 Å². The third kappa shape index (κ3) is 6.18. The van der Waals surface area contributed by atoms with E-state index in [1.54, 1.807) is 0 Å². The number of hydrogen-bond donors (Lipinski definition) is 1. The number of hydrogen-bond acceptors (Lipinski definition) is 4. The van der Waals surface area contributed by atoms with Gasteiger partial charge in [0.25, 0.3) is 0 Å². The van der Waals surface area contributed by atoms with Crippen molar-refractivity contribution in [2.45, 2.75) is 158 Å². The van der Waals surface area contributed by atoms with Gasteiger partial charge in [0.1, 0.15) is 6.10 Å². The standard InChI is InChI=1S/C42H71NO4/c1-12-24-43(11)25-23-42-20-15-29(28(2)3)36(42)30-13-14-32-39(8)18-17-33(47-35(46)27-37(4,5)26-34(44)45)38(6,7)31(39)16-19-41(32,10)40(30,9)21-22-42/h29-33,36H,2,12-27H2,1,3-11H3,(H,44,45)/t29-,30+,31-,32+,33-,36+,39-,40+,41+,42+/m0/s1. The molecule has 0 spiro atoms.